The van der Waals surface area contributed by atoms with Gasteiger partial charge < -0.3 is 5.73 Å². The van der Waals surface area contributed by atoms with Gasteiger partial charge in [-0.05, 0) is 24.7 Å². The lowest BCUT2D eigenvalue weighted by molar-refractivity contribution is -0.118. The summed E-state index contributed by atoms with van der Waals surface area (Å²) in [6.07, 6.45) is 4.56. The summed E-state index contributed by atoms with van der Waals surface area (Å²) in [6, 6.07) is 0. The summed E-state index contributed by atoms with van der Waals surface area (Å²) in [5.74, 6) is 0.646. The van der Waals surface area contributed by atoms with Crippen LogP contribution in [0.1, 0.15) is 32.6 Å². The molecule has 1 aliphatic carbocycles. The molecule has 70 valence electrons. The average Bonchev–Trinajstić information content (AvgIpc) is 2.03. The second-order valence-corrected chi connectivity index (χ2v) is 4.31. The van der Waals surface area contributed by atoms with E-state index in [0.717, 1.165) is 12.8 Å². The summed E-state index contributed by atoms with van der Waals surface area (Å²) >= 11 is 5.89. The van der Waals surface area contributed by atoms with Gasteiger partial charge in [-0.2, -0.15) is 0 Å². The summed E-state index contributed by atoms with van der Waals surface area (Å²) in [5, 5.41) is -0.451. The molecule has 0 bridgehead atoms. The molecule has 1 fully saturated rings. The molecular formula is C9H16ClNO. The summed E-state index contributed by atoms with van der Waals surface area (Å²) in [5.41, 5.74) is 5.14. The van der Waals surface area contributed by atoms with E-state index in [9.17, 15) is 4.79 Å². The van der Waals surface area contributed by atoms with Crippen molar-refractivity contribution in [3.63, 3.8) is 0 Å². The Morgan fingerprint density at radius 1 is 1.58 bits per heavy atom. The molecule has 2 nitrogen and oxygen atoms in total. The van der Waals surface area contributed by atoms with Crippen LogP contribution in [0, 0.1) is 11.8 Å². The van der Waals surface area contributed by atoms with Crippen molar-refractivity contribution in [2.75, 3.05) is 0 Å². The van der Waals surface area contributed by atoms with Crippen LogP contribution in [-0.4, -0.2) is 11.3 Å². The third-order valence-corrected chi connectivity index (χ3v) is 3.23. The highest BCUT2D eigenvalue weighted by atomic mass is 35.5. The molecule has 0 radical (unpaired) electrons. The zero-order chi connectivity index (χ0) is 9.14. The standard InChI is InChI=1S/C9H16ClNO/c1-6-3-2-4-7(5-6)8(10)9(11)12/h6-8H,2-5H2,1H3,(H2,11,12). The second-order valence-electron chi connectivity index (χ2n) is 3.84. The molecule has 1 rings (SSSR count). The Bertz CT molecular complexity index is 172. The van der Waals surface area contributed by atoms with E-state index < -0.39 is 5.38 Å². The fourth-order valence-corrected chi connectivity index (χ4v) is 2.21. The van der Waals surface area contributed by atoms with Gasteiger partial charge in [0.25, 0.3) is 0 Å². The molecule has 1 saturated carbocycles. The minimum atomic E-state index is -0.451. The van der Waals surface area contributed by atoms with Crippen molar-refractivity contribution in [3.8, 4) is 0 Å². The molecule has 12 heavy (non-hydrogen) atoms. The SMILES string of the molecule is CC1CCCC(C(Cl)C(N)=O)C1. The van der Waals surface area contributed by atoms with Crippen LogP contribution in [0.2, 0.25) is 0 Å². The van der Waals surface area contributed by atoms with E-state index in [2.05, 4.69) is 6.92 Å². The van der Waals surface area contributed by atoms with Crippen LogP contribution >= 0.6 is 11.6 Å². The Morgan fingerprint density at radius 2 is 2.25 bits per heavy atom. The first kappa shape index (κ1) is 9.85. The van der Waals surface area contributed by atoms with Gasteiger partial charge in [0.2, 0.25) is 5.91 Å². The van der Waals surface area contributed by atoms with E-state index in [1.165, 1.54) is 12.8 Å². The van der Waals surface area contributed by atoms with Crippen LogP contribution in [0.15, 0.2) is 0 Å². The fraction of sp³-hybridized carbons (Fsp3) is 0.889. The molecule has 3 heteroatoms. The second kappa shape index (κ2) is 4.13. The fourth-order valence-electron chi connectivity index (χ4n) is 1.98. The molecule has 2 N–H and O–H groups in total. The molecule has 3 atom stereocenters. The Morgan fingerprint density at radius 3 is 2.75 bits per heavy atom. The lowest BCUT2D eigenvalue weighted by Gasteiger charge is -2.28. The Balaban J connectivity index is 2.45. The van der Waals surface area contributed by atoms with Gasteiger partial charge in [-0.15, -0.1) is 11.6 Å². The Hall–Kier alpha value is -0.240. The highest BCUT2D eigenvalue weighted by Crippen LogP contribution is 2.32. The highest BCUT2D eigenvalue weighted by Gasteiger charge is 2.28. The van der Waals surface area contributed by atoms with Crippen LogP contribution in [0.4, 0.5) is 0 Å². The predicted octanol–water partition coefficient (Wildman–Crippen LogP) is 1.91. The van der Waals surface area contributed by atoms with E-state index >= 15 is 0 Å². The highest BCUT2D eigenvalue weighted by molar-refractivity contribution is 6.30. The number of alkyl halides is 1. The molecule has 0 aromatic rings. The van der Waals surface area contributed by atoms with Gasteiger partial charge in [-0.1, -0.05) is 19.8 Å². The largest absolute Gasteiger partial charge is 0.368 e. The van der Waals surface area contributed by atoms with Crippen molar-refractivity contribution in [2.24, 2.45) is 17.6 Å². The van der Waals surface area contributed by atoms with Crippen LogP contribution in [-0.2, 0) is 4.79 Å². The molecule has 0 aromatic heterocycles. The first-order valence-corrected chi connectivity index (χ1v) is 4.98. The molecule has 0 heterocycles. The maximum Gasteiger partial charge on any atom is 0.235 e. The number of amides is 1. The van der Waals surface area contributed by atoms with E-state index in [-0.39, 0.29) is 5.91 Å². The van der Waals surface area contributed by atoms with Crippen molar-refractivity contribution in [1.82, 2.24) is 0 Å². The van der Waals surface area contributed by atoms with Crippen LogP contribution in [0.25, 0.3) is 0 Å². The first-order chi connectivity index (χ1) is 5.61. The smallest absolute Gasteiger partial charge is 0.235 e. The number of carbonyl (C=O) groups excluding carboxylic acids is 1. The summed E-state index contributed by atoms with van der Waals surface area (Å²) in [4.78, 5) is 10.8. The third-order valence-electron chi connectivity index (χ3n) is 2.66. The predicted molar refractivity (Wildman–Crippen MR) is 50.0 cm³/mol. The Labute approximate surface area is 78.5 Å². The molecule has 0 aliphatic heterocycles. The summed E-state index contributed by atoms with van der Waals surface area (Å²) in [6.45, 7) is 2.21. The number of carbonyl (C=O) groups is 1. The molecule has 1 aliphatic rings. The molecule has 0 aromatic carbocycles. The first-order valence-electron chi connectivity index (χ1n) is 4.54. The van der Waals surface area contributed by atoms with Crippen molar-refractivity contribution < 1.29 is 4.79 Å². The topological polar surface area (TPSA) is 43.1 Å². The van der Waals surface area contributed by atoms with Crippen molar-refractivity contribution in [3.05, 3.63) is 0 Å². The molecular weight excluding hydrogens is 174 g/mol. The lowest BCUT2D eigenvalue weighted by atomic mass is 9.80. The maximum atomic E-state index is 10.8. The van der Waals surface area contributed by atoms with Gasteiger partial charge in [0.05, 0.1) is 0 Å². The molecule has 1 amide bonds. The zero-order valence-electron chi connectivity index (χ0n) is 7.42. The minimum absolute atomic E-state index is 0.313. The summed E-state index contributed by atoms with van der Waals surface area (Å²) in [7, 11) is 0. The minimum Gasteiger partial charge on any atom is -0.368 e. The molecule has 0 spiro atoms. The number of nitrogens with two attached hydrogens (primary N) is 1. The van der Waals surface area contributed by atoms with Gasteiger partial charge in [0.15, 0.2) is 0 Å². The van der Waals surface area contributed by atoms with Crippen molar-refractivity contribution >= 4 is 17.5 Å². The third kappa shape index (κ3) is 2.37. The lowest BCUT2D eigenvalue weighted by Crippen LogP contribution is -2.33. The van der Waals surface area contributed by atoms with Crippen LogP contribution < -0.4 is 5.73 Å². The van der Waals surface area contributed by atoms with Gasteiger partial charge in [0.1, 0.15) is 5.38 Å². The normalized spacial score (nSPS) is 32.8. The number of hydrogen-bond donors (Lipinski definition) is 1. The van der Waals surface area contributed by atoms with Gasteiger partial charge in [0, 0.05) is 0 Å². The zero-order valence-corrected chi connectivity index (χ0v) is 8.18. The number of primary amides is 1. The van der Waals surface area contributed by atoms with Crippen molar-refractivity contribution in [1.29, 1.82) is 0 Å². The van der Waals surface area contributed by atoms with Crippen molar-refractivity contribution in [2.45, 2.75) is 38.0 Å². The van der Waals surface area contributed by atoms with Gasteiger partial charge >= 0.3 is 0 Å². The van der Waals surface area contributed by atoms with Gasteiger partial charge in [-0.25, -0.2) is 0 Å². The average molecular weight is 190 g/mol. The monoisotopic (exact) mass is 189 g/mol. The molecule has 0 saturated heterocycles. The van der Waals surface area contributed by atoms with Crippen LogP contribution in [0.3, 0.4) is 0 Å². The van der Waals surface area contributed by atoms with Gasteiger partial charge in [-0.3, -0.25) is 4.79 Å². The maximum absolute atomic E-state index is 10.8. The Kier molecular flexibility index (Phi) is 3.39. The van der Waals surface area contributed by atoms with E-state index in [1.807, 2.05) is 0 Å². The van der Waals surface area contributed by atoms with E-state index in [1.54, 1.807) is 0 Å². The number of halogens is 1. The van der Waals surface area contributed by atoms with E-state index in [4.69, 9.17) is 17.3 Å². The summed E-state index contributed by atoms with van der Waals surface area (Å²) < 4.78 is 0. The number of hydrogen-bond acceptors (Lipinski definition) is 1. The van der Waals surface area contributed by atoms with Crippen LogP contribution in [0.5, 0.6) is 0 Å². The van der Waals surface area contributed by atoms with E-state index in [0.29, 0.717) is 11.8 Å². The number of rotatable bonds is 2. The quantitative estimate of drug-likeness (QED) is 0.663. The molecule has 3 unspecified atom stereocenters.